The number of aromatic nitrogens is 1. The van der Waals surface area contributed by atoms with E-state index >= 15 is 0 Å². The molecule has 0 bridgehead atoms. The molecule has 2 heterocycles. The van der Waals surface area contributed by atoms with Crippen molar-refractivity contribution in [1.82, 2.24) is 9.88 Å². The molecule has 6 nitrogen and oxygen atoms in total. The summed E-state index contributed by atoms with van der Waals surface area (Å²) in [5, 5.41) is 9.71. The van der Waals surface area contributed by atoms with Crippen LogP contribution >= 0.6 is 11.3 Å². The van der Waals surface area contributed by atoms with E-state index in [4.69, 9.17) is 10.00 Å². The van der Waals surface area contributed by atoms with Crippen LogP contribution in [-0.4, -0.2) is 49.1 Å². The van der Waals surface area contributed by atoms with Crippen molar-refractivity contribution >= 4 is 22.4 Å². The third-order valence-electron chi connectivity index (χ3n) is 4.01. The van der Waals surface area contributed by atoms with Gasteiger partial charge in [-0.25, -0.2) is 9.78 Å². The van der Waals surface area contributed by atoms with Crippen LogP contribution in [0.4, 0.5) is 5.13 Å². The molecule has 1 aromatic heterocycles. The highest BCUT2D eigenvalue weighted by Gasteiger charge is 2.21. The highest BCUT2D eigenvalue weighted by Crippen LogP contribution is 2.24. The number of anilines is 1. The van der Waals surface area contributed by atoms with Gasteiger partial charge in [0.15, 0.2) is 5.13 Å². The van der Waals surface area contributed by atoms with Crippen molar-refractivity contribution in [2.24, 2.45) is 0 Å². The molecule has 0 amide bonds. The van der Waals surface area contributed by atoms with Crippen LogP contribution in [0.25, 0.3) is 0 Å². The van der Waals surface area contributed by atoms with Crippen LogP contribution in [0.3, 0.4) is 0 Å². The molecule has 1 aliphatic rings. The maximum absolute atomic E-state index is 11.5. The van der Waals surface area contributed by atoms with Crippen molar-refractivity contribution in [3.8, 4) is 6.07 Å². The fourth-order valence-electron chi connectivity index (χ4n) is 2.65. The Labute approximate surface area is 144 Å². The molecule has 1 aromatic carbocycles. The van der Waals surface area contributed by atoms with Crippen LogP contribution in [0, 0.1) is 11.3 Å². The summed E-state index contributed by atoms with van der Waals surface area (Å²) in [6, 6.07) is 9.87. The van der Waals surface area contributed by atoms with Crippen molar-refractivity contribution in [3.05, 3.63) is 46.5 Å². The molecule has 2 aromatic rings. The van der Waals surface area contributed by atoms with Crippen LogP contribution in [0.5, 0.6) is 0 Å². The van der Waals surface area contributed by atoms with E-state index in [1.165, 1.54) is 24.0 Å². The second kappa shape index (κ2) is 7.43. The van der Waals surface area contributed by atoms with Crippen molar-refractivity contribution in [3.63, 3.8) is 0 Å². The fourth-order valence-corrected chi connectivity index (χ4v) is 3.53. The van der Waals surface area contributed by atoms with E-state index in [1.54, 1.807) is 6.20 Å². The monoisotopic (exact) mass is 342 g/mol. The summed E-state index contributed by atoms with van der Waals surface area (Å²) >= 11 is 1.37. The van der Waals surface area contributed by atoms with Crippen LogP contribution in [0.15, 0.2) is 30.5 Å². The number of rotatable bonds is 4. The number of methoxy groups -OCH3 is 1. The highest BCUT2D eigenvalue weighted by atomic mass is 32.1. The molecule has 0 spiro atoms. The Bertz CT molecular complexity index is 743. The summed E-state index contributed by atoms with van der Waals surface area (Å²) in [7, 11) is 1.38. The van der Waals surface area contributed by atoms with Gasteiger partial charge in [0.1, 0.15) is 4.88 Å². The number of nitriles is 1. The van der Waals surface area contributed by atoms with Gasteiger partial charge >= 0.3 is 5.97 Å². The third kappa shape index (κ3) is 3.72. The van der Waals surface area contributed by atoms with Crippen molar-refractivity contribution in [2.75, 3.05) is 38.2 Å². The number of esters is 1. The van der Waals surface area contributed by atoms with E-state index in [2.05, 4.69) is 20.9 Å². The molecule has 0 N–H and O–H groups in total. The summed E-state index contributed by atoms with van der Waals surface area (Å²) < 4.78 is 4.72. The minimum atomic E-state index is -0.335. The van der Waals surface area contributed by atoms with E-state index in [1.807, 2.05) is 24.3 Å². The summed E-state index contributed by atoms with van der Waals surface area (Å²) in [6.45, 7) is 4.51. The number of carbonyl (C=O) groups is 1. The molecule has 1 fully saturated rings. The van der Waals surface area contributed by atoms with Gasteiger partial charge in [0.2, 0.25) is 0 Å². The van der Waals surface area contributed by atoms with Crippen LogP contribution in [0.1, 0.15) is 20.8 Å². The number of carbonyl (C=O) groups excluding carboxylic acids is 1. The molecule has 124 valence electrons. The smallest absolute Gasteiger partial charge is 0.349 e. The van der Waals surface area contributed by atoms with Crippen molar-refractivity contribution in [2.45, 2.75) is 6.54 Å². The molecule has 0 unspecified atom stereocenters. The molecule has 7 heteroatoms. The lowest BCUT2D eigenvalue weighted by Gasteiger charge is -2.34. The quantitative estimate of drug-likeness (QED) is 0.793. The Balaban J connectivity index is 1.54. The molecule has 3 rings (SSSR count). The lowest BCUT2D eigenvalue weighted by molar-refractivity contribution is 0.0606. The Morgan fingerprint density at radius 2 is 2.00 bits per heavy atom. The number of benzene rings is 1. The molecular formula is C17H18N4O2S. The largest absolute Gasteiger partial charge is 0.465 e. The van der Waals surface area contributed by atoms with Crippen LogP contribution in [-0.2, 0) is 11.3 Å². The number of hydrogen-bond donors (Lipinski definition) is 0. The second-order valence-corrected chi connectivity index (χ2v) is 6.58. The maximum Gasteiger partial charge on any atom is 0.349 e. The van der Waals surface area contributed by atoms with Gasteiger partial charge in [-0.2, -0.15) is 5.26 Å². The SMILES string of the molecule is COC(=O)c1cnc(N2CCN(Cc3ccc(C#N)cc3)CC2)s1. The van der Waals surface area contributed by atoms with Crippen LogP contribution < -0.4 is 4.90 Å². The van der Waals surface area contributed by atoms with Crippen molar-refractivity contribution < 1.29 is 9.53 Å². The zero-order valence-corrected chi connectivity index (χ0v) is 14.3. The molecule has 1 saturated heterocycles. The van der Waals surface area contributed by atoms with Gasteiger partial charge < -0.3 is 9.64 Å². The number of nitrogens with zero attached hydrogens (tertiary/aromatic N) is 4. The lowest BCUT2D eigenvalue weighted by atomic mass is 10.1. The lowest BCUT2D eigenvalue weighted by Crippen LogP contribution is -2.45. The Morgan fingerprint density at radius 3 is 2.62 bits per heavy atom. The molecular weight excluding hydrogens is 324 g/mol. The van der Waals surface area contributed by atoms with Gasteiger partial charge in [-0.1, -0.05) is 23.5 Å². The molecule has 0 radical (unpaired) electrons. The van der Waals surface area contributed by atoms with E-state index in [0.717, 1.165) is 37.9 Å². The van der Waals surface area contributed by atoms with E-state index in [0.29, 0.717) is 10.4 Å². The number of hydrogen-bond acceptors (Lipinski definition) is 7. The first kappa shape index (κ1) is 16.4. The Morgan fingerprint density at radius 1 is 1.29 bits per heavy atom. The predicted octanol–water partition coefficient (Wildman–Crippen LogP) is 2.12. The standard InChI is InChI=1S/C17H18N4O2S/c1-23-16(22)15-11-19-17(24-15)21-8-6-20(7-9-21)12-14-4-2-13(10-18)3-5-14/h2-5,11H,6-9,12H2,1H3. The first-order chi connectivity index (χ1) is 11.7. The van der Waals surface area contributed by atoms with E-state index in [-0.39, 0.29) is 5.97 Å². The average Bonchev–Trinajstić information content (AvgIpc) is 3.12. The number of ether oxygens (including phenoxy) is 1. The molecule has 0 atom stereocenters. The zero-order valence-electron chi connectivity index (χ0n) is 13.4. The minimum Gasteiger partial charge on any atom is -0.465 e. The molecule has 1 aliphatic heterocycles. The summed E-state index contributed by atoms with van der Waals surface area (Å²) in [5.41, 5.74) is 1.90. The molecule has 0 aliphatic carbocycles. The molecule has 24 heavy (non-hydrogen) atoms. The fraction of sp³-hybridized carbons (Fsp3) is 0.353. The summed E-state index contributed by atoms with van der Waals surface area (Å²) in [6.07, 6.45) is 1.58. The third-order valence-corrected chi connectivity index (χ3v) is 5.05. The first-order valence-corrected chi connectivity index (χ1v) is 8.51. The maximum atomic E-state index is 11.5. The first-order valence-electron chi connectivity index (χ1n) is 7.70. The second-order valence-electron chi connectivity index (χ2n) is 5.57. The van der Waals surface area contributed by atoms with Crippen molar-refractivity contribution in [1.29, 1.82) is 5.26 Å². The van der Waals surface area contributed by atoms with Gasteiger partial charge in [-0.15, -0.1) is 0 Å². The van der Waals surface area contributed by atoms with E-state index < -0.39 is 0 Å². The van der Waals surface area contributed by atoms with Gasteiger partial charge in [0.25, 0.3) is 0 Å². The normalized spacial score (nSPS) is 15.1. The number of thiazole rings is 1. The zero-order chi connectivity index (χ0) is 16.9. The van der Waals surface area contributed by atoms with Gasteiger partial charge in [-0.05, 0) is 17.7 Å². The van der Waals surface area contributed by atoms with Gasteiger partial charge in [-0.3, -0.25) is 4.90 Å². The highest BCUT2D eigenvalue weighted by molar-refractivity contribution is 7.17. The predicted molar refractivity (Wildman–Crippen MR) is 92.1 cm³/mol. The average molecular weight is 342 g/mol. The number of piperazine rings is 1. The Kier molecular flexibility index (Phi) is 5.08. The van der Waals surface area contributed by atoms with Crippen LogP contribution in [0.2, 0.25) is 0 Å². The summed E-state index contributed by atoms with van der Waals surface area (Å²) in [5.74, 6) is -0.335. The molecule has 0 saturated carbocycles. The summed E-state index contributed by atoms with van der Waals surface area (Å²) in [4.78, 5) is 21.0. The Hall–Kier alpha value is -2.43. The van der Waals surface area contributed by atoms with Gasteiger partial charge in [0, 0.05) is 32.7 Å². The van der Waals surface area contributed by atoms with E-state index in [9.17, 15) is 4.79 Å². The van der Waals surface area contributed by atoms with Gasteiger partial charge in [0.05, 0.1) is 24.9 Å². The topological polar surface area (TPSA) is 69.5 Å². The minimum absolute atomic E-state index is 0.335.